The number of aliphatic carboxylic acids is 1. The second-order valence-electron chi connectivity index (χ2n) is 4.19. The highest BCUT2D eigenvalue weighted by Crippen LogP contribution is 2.17. The maximum Gasteiger partial charge on any atom is 0.330 e. The molecule has 0 aliphatic carbocycles. The summed E-state index contributed by atoms with van der Waals surface area (Å²) >= 11 is 3.28. The number of ether oxygens (including phenoxy) is 1. The summed E-state index contributed by atoms with van der Waals surface area (Å²) in [5.41, 5.74) is 0.541. The van der Waals surface area contributed by atoms with E-state index >= 15 is 0 Å². The Morgan fingerprint density at radius 2 is 2.00 bits per heavy atom. The number of carboxylic acid groups (broad SMARTS) is 1. The highest BCUT2D eigenvalue weighted by molar-refractivity contribution is 9.10. The van der Waals surface area contributed by atoms with Crippen molar-refractivity contribution < 1.29 is 19.4 Å². The molecule has 0 aliphatic rings. The summed E-state index contributed by atoms with van der Waals surface area (Å²) in [6, 6.07) is 5.80. The van der Waals surface area contributed by atoms with Crippen LogP contribution in [0.1, 0.15) is 31.4 Å². The number of hydrogen-bond donors (Lipinski definition) is 2. The zero-order valence-electron chi connectivity index (χ0n) is 11.3. The van der Waals surface area contributed by atoms with Crippen LogP contribution in [0.5, 0.6) is 0 Å². The maximum atomic E-state index is 11.7. The van der Waals surface area contributed by atoms with Crippen LogP contribution in [0, 0.1) is 0 Å². The Morgan fingerprint density at radius 3 is 2.55 bits per heavy atom. The van der Waals surface area contributed by atoms with E-state index in [0.717, 1.165) is 4.47 Å². The molecule has 0 heterocycles. The standard InChI is InChI=1S/C14H18BrNO4/c1-2-20-9-3-4-12(17)16-13(14(18)19)10-5-7-11(15)8-6-10/h5-8,13H,2-4,9H2,1H3,(H,16,17)(H,18,19). The van der Waals surface area contributed by atoms with Crippen LogP contribution >= 0.6 is 15.9 Å². The lowest BCUT2D eigenvalue weighted by Gasteiger charge is -2.15. The van der Waals surface area contributed by atoms with E-state index < -0.39 is 12.0 Å². The molecule has 1 aromatic carbocycles. The van der Waals surface area contributed by atoms with Gasteiger partial charge in [0.15, 0.2) is 6.04 Å². The number of rotatable bonds is 8. The lowest BCUT2D eigenvalue weighted by atomic mass is 10.1. The molecular formula is C14H18BrNO4. The summed E-state index contributed by atoms with van der Waals surface area (Å²) < 4.78 is 5.99. The maximum absolute atomic E-state index is 11.7. The monoisotopic (exact) mass is 343 g/mol. The third-order valence-electron chi connectivity index (χ3n) is 2.65. The molecule has 0 spiro atoms. The number of hydrogen-bond acceptors (Lipinski definition) is 3. The molecule has 0 saturated heterocycles. The minimum absolute atomic E-state index is 0.250. The zero-order valence-corrected chi connectivity index (χ0v) is 12.9. The van der Waals surface area contributed by atoms with Crippen molar-refractivity contribution in [2.24, 2.45) is 0 Å². The molecule has 2 N–H and O–H groups in total. The van der Waals surface area contributed by atoms with E-state index in [1.165, 1.54) is 0 Å². The molecule has 1 amide bonds. The normalized spacial score (nSPS) is 11.9. The minimum atomic E-state index is -1.08. The molecular weight excluding hydrogens is 326 g/mol. The van der Waals surface area contributed by atoms with Gasteiger partial charge in [0.1, 0.15) is 0 Å². The van der Waals surface area contributed by atoms with Gasteiger partial charge in [-0.2, -0.15) is 0 Å². The van der Waals surface area contributed by atoms with Crippen molar-refractivity contribution in [1.82, 2.24) is 5.32 Å². The fourth-order valence-electron chi connectivity index (χ4n) is 1.66. The number of carbonyl (C=O) groups is 2. The van der Waals surface area contributed by atoms with Crippen LogP contribution in [-0.4, -0.2) is 30.2 Å². The smallest absolute Gasteiger partial charge is 0.330 e. The molecule has 5 nitrogen and oxygen atoms in total. The second-order valence-corrected chi connectivity index (χ2v) is 5.11. The average Bonchev–Trinajstić information content (AvgIpc) is 2.42. The quantitative estimate of drug-likeness (QED) is 0.711. The molecule has 1 unspecified atom stereocenters. The molecule has 0 aromatic heterocycles. The largest absolute Gasteiger partial charge is 0.479 e. The van der Waals surface area contributed by atoms with Gasteiger partial charge in [-0.05, 0) is 31.0 Å². The van der Waals surface area contributed by atoms with Crippen molar-refractivity contribution in [3.8, 4) is 0 Å². The Balaban J connectivity index is 2.57. The fraction of sp³-hybridized carbons (Fsp3) is 0.429. The van der Waals surface area contributed by atoms with Crippen molar-refractivity contribution >= 4 is 27.8 Å². The molecule has 0 aliphatic heterocycles. The third-order valence-corrected chi connectivity index (χ3v) is 3.18. The molecule has 6 heteroatoms. The van der Waals surface area contributed by atoms with Gasteiger partial charge in [0.05, 0.1) is 0 Å². The van der Waals surface area contributed by atoms with Crippen LogP contribution in [0.25, 0.3) is 0 Å². The van der Waals surface area contributed by atoms with Crippen LogP contribution in [0.15, 0.2) is 28.7 Å². The molecule has 110 valence electrons. The van der Waals surface area contributed by atoms with E-state index in [1.54, 1.807) is 24.3 Å². The predicted molar refractivity (Wildman–Crippen MR) is 78.4 cm³/mol. The van der Waals surface area contributed by atoms with Gasteiger partial charge in [-0.1, -0.05) is 28.1 Å². The van der Waals surface area contributed by atoms with E-state index in [0.29, 0.717) is 25.2 Å². The number of benzene rings is 1. The number of amides is 1. The summed E-state index contributed by atoms with van der Waals surface area (Å²) in [6.07, 6.45) is 0.826. The zero-order chi connectivity index (χ0) is 15.0. The first-order valence-electron chi connectivity index (χ1n) is 6.40. The van der Waals surface area contributed by atoms with Gasteiger partial charge in [-0.15, -0.1) is 0 Å². The lowest BCUT2D eigenvalue weighted by molar-refractivity contribution is -0.142. The summed E-state index contributed by atoms with van der Waals surface area (Å²) in [5, 5.41) is 11.7. The first-order valence-corrected chi connectivity index (χ1v) is 7.19. The van der Waals surface area contributed by atoms with Gasteiger partial charge in [0, 0.05) is 24.1 Å². The molecule has 0 fully saturated rings. The average molecular weight is 344 g/mol. The van der Waals surface area contributed by atoms with Gasteiger partial charge in [0.25, 0.3) is 0 Å². The van der Waals surface area contributed by atoms with Crippen LogP contribution in [0.4, 0.5) is 0 Å². The van der Waals surface area contributed by atoms with E-state index in [9.17, 15) is 14.7 Å². The van der Waals surface area contributed by atoms with Crippen LogP contribution in [0.3, 0.4) is 0 Å². The SMILES string of the molecule is CCOCCCC(=O)NC(C(=O)O)c1ccc(Br)cc1. The van der Waals surface area contributed by atoms with Gasteiger partial charge < -0.3 is 15.2 Å². The molecule has 0 radical (unpaired) electrons. The van der Waals surface area contributed by atoms with Gasteiger partial charge in [0.2, 0.25) is 5.91 Å². The minimum Gasteiger partial charge on any atom is -0.479 e. The number of nitrogens with one attached hydrogen (secondary N) is 1. The number of carbonyl (C=O) groups excluding carboxylic acids is 1. The van der Waals surface area contributed by atoms with E-state index in [4.69, 9.17) is 4.74 Å². The van der Waals surface area contributed by atoms with Crippen LogP contribution in [0.2, 0.25) is 0 Å². The molecule has 20 heavy (non-hydrogen) atoms. The van der Waals surface area contributed by atoms with Crippen molar-refractivity contribution in [1.29, 1.82) is 0 Å². The van der Waals surface area contributed by atoms with E-state index in [2.05, 4.69) is 21.2 Å². The van der Waals surface area contributed by atoms with Crippen molar-refractivity contribution in [3.05, 3.63) is 34.3 Å². The second kappa shape index (κ2) is 8.71. The molecule has 0 bridgehead atoms. The summed E-state index contributed by atoms with van der Waals surface area (Å²) in [7, 11) is 0. The summed E-state index contributed by atoms with van der Waals surface area (Å²) in [4.78, 5) is 23.0. The van der Waals surface area contributed by atoms with Gasteiger partial charge in [-0.25, -0.2) is 4.79 Å². The highest BCUT2D eigenvalue weighted by Gasteiger charge is 2.21. The first-order chi connectivity index (χ1) is 9.54. The highest BCUT2D eigenvalue weighted by atomic mass is 79.9. The summed E-state index contributed by atoms with van der Waals surface area (Å²) in [6.45, 7) is 2.99. The van der Waals surface area contributed by atoms with E-state index in [1.807, 2.05) is 6.92 Å². The predicted octanol–water partition coefficient (Wildman–Crippen LogP) is 2.51. The topological polar surface area (TPSA) is 75.6 Å². The Morgan fingerprint density at radius 1 is 1.35 bits per heavy atom. The van der Waals surface area contributed by atoms with Gasteiger partial charge >= 0.3 is 5.97 Å². The fourth-order valence-corrected chi connectivity index (χ4v) is 1.92. The molecule has 1 atom stereocenters. The van der Waals surface area contributed by atoms with Crippen molar-refractivity contribution in [2.45, 2.75) is 25.8 Å². The molecule has 1 rings (SSSR count). The van der Waals surface area contributed by atoms with Crippen LogP contribution in [-0.2, 0) is 14.3 Å². The lowest BCUT2D eigenvalue weighted by Crippen LogP contribution is -2.33. The Labute approximate surface area is 126 Å². The van der Waals surface area contributed by atoms with Crippen molar-refractivity contribution in [3.63, 3.8) is 0 Å². The molecule has 0 saturated carbocycles. The Bertz CT molecular complexity index is 447. The Hall–Kier alpha value is -1.40. The third kappa shape index (κ3) is 5.71. The Kier molecular flexibility index (Phi) is 7.25. The van der Waals surface area contributed by atoms with Crippen LogP contribution < -0.4 is 5.32 Å². The number of halogens is 1. The van der Waals surface area contributed by atoms with Gasteiger partial charge in [-0.3, -0.25) is 4.79 Å². The van der Waals surface area contributed by atoms with E-state index in [-0.39, 0.29) is 12.3 Å². The number of carboxylic acids is 1. The molecule has 1 aromatic rings. The first kappa shape index (κ1) is 16.7. The van der Waals surface area contributed by atoms with Crippen molar-refractivity contribution in [2.75, 3.05) is 13.2 Å². The summed E-state index contributed by atoms with van der Waals surface area (Å²) in [5.74, 6) is -1.37.